The van der Waals surface area contributed by atoms with Gasteiger partial charge in [0, 0.05) is 5.92 Å². The molecule has 0 bridgehead atoms. The highest BCUT2D eigenvalue weighted by molar-refractivity contribution is 5.03. The first-order valence-corrected chi connectivity index (χ1v) is 4.99. The van der Waals surface area contributed by atoms with Gasteiger partial charge in [0.15, 0.2) is 5.82 Å². The summed E-state index contributed by atoms with van der Waals surface area (Å²) in [6.45, 7) is 2.05. The second-order valence-electron chi connectivity index (χ2n) is 3.72. The summed E-state index contributed by atoms with van der Waals surface area (Å²) in [5.74, 6) is 2.42. The van der Waals surface area contributed by atoms with Crippen molar-refractivity contribution in [3.8, 4) is 0 Å². The number of rotatable bonds is 3. The highest BCUT2D eigenvalue weighted by Crippen LogP contribution is 2.34. The molecule has 1 aromatic heterocycles. The Morgan fingerprint density at radius 2 is 2.38 bits per heavy atom. The minimum atomic E-state index is -0.00919. The molecule has 1 fully saturated rings. The Morgan fingerprint density at radius 1 is 1.62 bits per heavy atom. The van der Waals surface area contributed by atoms with Crippen LogP contribution in [0.5, 0.6) is 0 Å². The van der Waals surface area contributed by atoms with Gasteiger partial charge in [0.2, 0.25) is 0 Å². The summed E-state index contributed by atoms with van der Waals surface area (Å²) >= 11 is 0. The summed E-state index contributed by atoms with van der Waals surface area (Å²) in [7, 11) is 0. The molecule has 4 nitrogen and oxygen atoms in total. The largest absolute Gasteiger partial charge is 0.321 e. The summed E-state index contributed by atoms with van der Waals surface area (Å²) in [4.78, 5) is 4.41. The Balaban J connectivity index is 2.08. The molecule has 0 amide bonds. The predicted octanol–water partition coefficient (Wildman–Crippen LogP) is 1.48. The lowest BCUT2D eigenvalue weighted by Gasteiger charge is -2.22. The second kappa shape index (κ2) is 3.46. The number of nitrogens with zero attached hydrogens (tertiary/aromatic N) is 2. The molecule has 0 radical (unpaired) electrons. The topological polar surface area (TPSA) is 67.6 Å². The van der Waals surface area contributed by atoms with Gasteiger partial charge in [0.05, 0.1) is 6.04 Å². The molecule has 3 N–H and O–H groups in total. The van der Waals surface area contributed by atoms with Crippen LogP contribution in [-0.4, -0.2) is 15.2 Å². The van der Waals surface area contributed by atoms with Crippen molar-refractivity contribution >= 4 is 0 Å². The standard InChI is InChI=1S/C9H16N4/c1-2-7(10)9-11-8(12-13-9)6-4-3-5-6/h6-7H,2-5,10H2,1H3,(H,11,12,13)/t7-/m0/s1. The normalized spacial score (nSPS) is 19.8. The van der Waals surface area contributed by atoms with E-state index in [2.05, 4.69) is 15.2 Å². The van der Waals surface area contributed by atoms with Crippen molar-refractivity contribution in [2.24, 2.45) is 5.73 Å². The third-order valence-electron chi connectivity index (χ3n) is 2.78. The number of H-pyrrole nitrogens is 1. The molecule has 1 aliphatic carbocycles. The fourth-order valence-electron chi connectivity index (χ4n) is 1.50. The lowest BCUT2D eigenvalue weighted by atomic mass is 9.85. The molecule has 0 spiro atoms. The summed E-state index contributed by atoms with van der Waals surface area (Å²) in [6.07, 6.45) is 4.70. The van der Waals surface area contributed by atoms with Gasteiger partial charge < -0.3 is 5.73 Å². The first kappa shape index (κ1) is 8.69. The quantitative estimate of drug-likeness (QED) is 0.740. The molecule has 0 unspecified atom stereocenters. The smallest absolute Gasteiger partial charge is 0.167 e. The zero-order valence-corrected chi connectivity index (χ0v) is 7.95. The van der Waals surface area contributed by atoms with E-state index in [4.69, 9.17) is 5.73 Å². The fraction of sp³-hybridized carbons (Fsp3) is 0.778. The molecular weight excluding hydrogens is 164 g/mol. The Bertz CT molecular complexity index is 258. The van der Waals surface area contributed by atoms with Crippen LogP contribution in [0.15, 0.2) is 0 Å². The fourth-order valence-corrected chi connectivity index (χ4v) is 1.50. The maximum Gasteiger partial charge on any atom is 0.167 e. The van der Waals surface area contributed by atoms with Crippen molar-refractivity contribution in [1.29, 1.82) is 0 Å². The summed E-state index contributed by atoms with van der Waals surface area (Å²) in [5, 5.41) is 7.11. The van der Waals surface area contributed by atoms with Gasteiger partial charge in [-0.25, -0.2) is 4.98 Å². The van der Waals surface area contributed by atoms with E-state index in [9.17, 15) is 0 Å². The number of hydrogen-bond donors (Lipinski definition) is 2. The van der Waals surface area contributed by atoms with Crippen LogP contribution in [0.3, 0.4) is 0 Å². The van der Waals surface area contributed by atoms with Crippen molar-refractivity contribution in [3.63, 3.8) is 0 Å². The number of nitrogens with one attached hydrogen (secondary N) is 1. The molecule has 72 valence electrons. The number of hydrogen-bond acceptors (Lipinski definition) is 3. The van der Waals surface area contributed by atoms with Gasteiger partial charge >= 0.3 is 0 Å². The van der Waals surface area contributed by atoms with E-state index in [1.54, 1.807) is 0 Å². The van der Waals surface area contributed by atoms with Crippen LogP contribution < -0.4 is 5.73 Å². The molecular formula is C9H16N4. The van der Waals surface area contributed by atoms with Crippen LogP contribution in [-0.2, 0) is 0 Å². The van der Waals surface area contributed by atoms with Crippen molar-refractivity contribution in [3.05, 3.63) is 11.6 Å². The predicted molar refractivity (Wildman–Crippen MR) is 50.2 cm³/mol. The molecule has 13 heavy (non-hydrogen) atoms. The molecule has 1 heterocycles. The van der Waals surface area contributed by atoms with Crippen LogP contribution in [0.25, 0.3) is 0 Å². The van der Waals surface area contributed by atoms with Gasteiger partial charge in [-0.05, 0) is 19.3 Å². The van der Waals surface area contributed by atoms with Gasteiger partial charge in [0.25, 0.3) is 0 Å². The van der Waals surface area contributed by atoms with Crippen LogP contribution in [0, 0.1) is 0 Å². The first-order valence-electron chi connectivity index (χ1n) is 4.99. The summed E-state index contributed by atoms with van der Waals surface area (Å²) in [5.41, 5.74) is 5.82. The van der Waals surface area contributed by atoms with Crippen molar-refractivity contribution < 1.29 is 0 Å². The van der Waals surface area contributed by atoms with E-state index in [1.807, 2.05) is 6.92 Å². The van der Waals surface area contributed by atoms with Crippen molar-refractivity contribution in [2.75, 3.05) is 0 Å². The zero-order valence-electron chi connectivity index (χ0n) is 7.95. The number of aromatic amines is 1. The maximum absolute atomic E-state index is 5.82. The van der Waals surface area contributed by atoms with Gasteiger partial charge in [0.1, 0.15) is 5.82 Å². The molecule has 0 aromatic carbocycles. The minimum Gasteiger partial charge on any atom is -0.321 e. The van der Waals surface area contributed by atoms with Gasteiger partial charge in [-0.2, -0.15) is 5.10 Å². The molecule has 0 saturated heterocycles. The Labute approximate surface area is 77.9 Å². The zero-order chi connectivity index (χ0) is 9.26. The molecule has 1 atom stereocenters. The minimum absolute atomic E-state index is 0.00919. The monoisotopic (exact) mass is 180 g/mol. The molecule has 1 saturated carbocycles. The van der Waals surface area contributed by atoms with E-state index in [-0.39, 0.29) is 6.04 Å². The third-order valence-corrected chi connectivity index (χ3v) is 2.78. The van der Waals surface area contributed by atoms with Crippen LogP contribution >= 0.6 is 0 Å². The SMILES string of the molecule is CC[C@H](N)c1n[nH]c(C2CCC2)n1. The Kier molecular flexibility index (Phi) is 2.31. The van der Waals surface area contributed by atoms with E-state index in [1.165, 1.54) is 19.3 Å². The lowest BCUT2D eigenvalue weighted by Crippen LogP contribution is -2.12. The van der Waals surface area contributed by atoms with Gasteiger partial charge in [-0.15, -0.1) is 0 Å². The third kappa shape index (κ3) is 1.58. The van der Waals surface area contributed by atoms with E-state index < -0.39 is 0 Å². The first-order chi connectivity index (χ1) is 6.31. The van der Waals surface area contributed by atoms with Crippen LogP contribution in [0.4, 0.5) is 0 Å². The average molecular weight is 180 g/mol. The van der Waals surface area contributed by atoms with E-state index in [0.717, 1.165) is 18.1 Å². The molecule has 4 heteroatoms. The summed E-state index contributed by atoms with van der Waals surface area (Å²) in [6, 6.07) is -0.00919. The number of nitrogens with two attached hydrogens (primary N) is 1. The summed E-state index contributed by atoms with van der Waals surface area (Å²) < 4.78 is 0. The van der Waals surface area contributed by atoms with Crippen molar-refractivity contribution in [2.45, 2.75) is 44.6 Å². The molecule has 1 aromatic rings. The Morgan fingerprint density at radius 3 is 2.92 bits per heavy atom. The van der Waals surface area contributed by atoms with Crippen LogP contribution in [0.1, 0.15) is 56.2 Å². The lowest BCUT2D eigenvalue weighted by molar-refractivity contribution is 0.402. The van der Waals surface area contributed by atoms with Gasteiger partial charge in [-0.3, -0.25) is 5.10 Å². The van der Waals surface area contributed by atoms with Crippen LogP contribution in [0.2, 0.25) is 0 Å². The maximum atomic E-state index is 5.82. The van der Waals surface area contributed by atoms with E-state index >= 15 is 0 Å². The molecule has 1 aliphatic rings. The molecule has 0 aliphatic heterocycles. The average Bonchev–Trinajstić information content (AvgIpc) is 2.49. The highest BCUT2D eigenvalue weighted by Gasteiger charge is 2.23. The number of aromatic nitrogens is 3. The highest BCUT2D eigenvalue weighted by atomic mass is 15.2. The van der Waals surface area contributed by atoms with Gasteiger partial charge in [-0.1, -0.05) is 13.3 Å². The van der Waals surface area contributed by atoms with E-state index in [0.29, 0.717) is 5.92 Å². The second-order valence-corrected chi connectivity index (χ2v) is 3.72. The van der Waals surface area contributed by atoms with Crippen molar-refractivity contribution in [1.82, 2.24) is 15.2 Å². The Hall–Kier alpha value is -0.900. The molecule has 2 rings (SSSR count).